The summed E-state index contributed by atoms with van der Waals surface area (Å²) in [5.74, 6) is 5.08. The van der Waals surface area contributed by atoms with Crippen molar-refractivity contribution in [1.29, 1.82) is 0 Å². The topological polar surface area (TPSA) is 56.5 Å². The molecule has 0 heterocycles. The van der Waals surface area contributed by atoms with Crippen molar-refractivity contribution < 1.29 is 27.0 Å². The van der Waals surface area contributed by atoms with Gasteiger partial charge in [0, 0.05) is 18.2 Å². The van der Waals surface area contributed by atoms with E-state index in [1.165, 1.54) is 19.2 Å². The van der Waals surface area contributed by atoms with E-state index in [9.17, 15) is 17.6 Å². The quantitative estimate of drug-likeness (QED) is 0.351. The molecule has 0 amide bonds. The Balaban J connectivity index is 2.58. The maximum Gasteiger partial charge on any atom is 0.411 e. The van der Waals surface area contributed by atoms with Crippen LogP contribution in [0.25, 0.3) is 0 Å². The lowest BCUT2D eigenvalue weighted by Gasteiger charge is -2.18. The SMILES string of the molecule is COc1ccc(C(CCOCC(F)(F)F)NN)c(F)c1. The molecule has 1 unspecified atom stereocenters. The first kappa shape index (κ1) is 16.7. The first-order valence-electron chi connectivity index (χ1n) is 5.81. The Labute approximate surface area is 113 Å². The van der Waals surface area contributed by atoms with Crippen LogP contribution in [0, 0.1) is 5.82 Å². The third kappa shape index (κ3) is 5.32. The minimum Gasteiger partial charge on any atom is -0.497 e. The Kier molecular flexibility index (Phi) is 6.18. The highest BCUT2D eigenvalue weighted by Gasteiger charge is 2.27. The number of halogens is 4. The molecule has 1 rings (SSSR count). The lowest BCUT2D eigenvalue weighted by molar-refractivity contribution is -0.174. The standard InChI is InChI=1S/C12H16F4N2O2/c1-19-8-2-3-9(10(13)6-8)11(18-17)4-5-20-7-12(14,15)16/h2-3,6,11,18H,4-5,7,17H2,1H3. The fourth-order valence-electron chi connectivity index (χ4n) is 1.64. The Morgan fingerprint density at radius 2 is 2.05 bits per heavy atom. The zero-order valence-electron chi connectivity index (χ0n) is 10.8. The van der Waals surface area contributed by atoms with Gasteiger partial charge in [0.2, 0.25) is 0 Å². The summed E-state index contributed by atoms with van der Waals surface area (Å²) in [6, 6.07) is 3.53. The van der Waals surface area contributed by atoms with Gasteiger partial charge in [0.25, 0.3) is 0 Å². The molecule has 0 radical (unpaired) electrons. The molecule has 3 N–H and O–H groups in total. The lowest BCUT2D eigenvalue weighted by atomic mass is 10.0. The molecule has 0 aliphatic rings. The molecular weight excluding hydrogens is 280 g/mol. The first-order chi connectivity index (χ1) is 9.37. The van der Waals surface area contributed by atoms with Gasteiger partial charge in [-0.2, -0.15) is 13.2 Å². The van der Waals surface area contributed by atoms with Crippen molar-refractivity contribution >= 4 is 0 Å². The monoisotopic (exact) mass is 296 g/mol. The van der Waals surface area contributed by atoms with Crippen molar-refractivity contribution in [2.24, 2.45) is 5.84 Å². The van der Waals surface area contributed by atoms with Crippen LogP contribution in [0.1, 0.15) is 18.0 Å². The molecule has 20 heavy (non-hydrogen) atoms. The summed E-state index contributed by atoms with van der Waals surface area (Å²) in [4.78, 5) is 0. The van der Waals surface area contributed by atoms with Crippen LogP contribution in [0.4, 0.5) is 17.6 Å². The molecule has 1 atom stereocenters. The van der Waals surface area contributed by atoms with Crippen LogP contribution < -0.4 is 16.0 Å². The normalized spacial score (nSPS) is 13.3. The summed E-state index contributed by atoms with van der Waals surface area (Å²) < 4.78 is 58.8. The minimum absolute atomic E-state index is 0.107. The van der Waals surface area contributed by atoms with Gasteiger partial charge in [0.1, 0.15) is 18.2 Å². The van der Waals surface area contributed by atoms with Crippen molar-refractivity contribution in [1.82, 2.24) is 5.43 Å². The van der Waals surface area contributed by atoms with Gasteiger partial charge in [0.15, 0.2) is 0 Å². The Morgan fingerprint density at radius 1 is 1.35 bits per heavy atom. The van der Waals surface area contributed by atoms with Gasteiger partial charge in [-0.1, -0.05) is 6.07 Å². The minimum atomic E-state index is -4.38. The highest BCUT2D eigenvalue weighted by Crippen LogP contribution is 2.24. The molecule has 8 heteroatoms. The van der Waals surface area contributed by atoms with Gasteiger partial charge in [-0.05, 0) is 12.5 Å². The molecule has 0 aromatic heterocycles. The first-order valence-corrected chi connectivity index (χ1v) is 5.81. The summed E-state index contributed by atoms with van der Waals surface area (Å²) in [5, 5.41) is 0. The number of nitrogens with one attached hydrogen (secondary N) is 1. The van der Waals surface area contributed by atoms with E-state index in [1.54, 1.807) is 6.07 Å². The number of hydrogen-bond donors (Lipinski definition) is 2. The number of nitrogens with two attached hydrogens (primary N) is 1. The zero-order valence-corrected chi connectivity index (χ0v) is 10.8. The van der Waals surface area contributed by atoms with Crippen LogP contribution in [-0.4, -0.2) is 26.5 Å². The Bertz CT molecular complexity index is 426. The van der Waals surface area contributed by atoms with E-state index >= 15 is 0 Å². The van der Waals surface area contributed by atoms with Crippen LogP contribution in [0.15, 0.2) is 18.2 Å². The van der Waals surface area contributed by atoms with Crippen molar-refractivity contribution in [3.8, 4) is 5.75 Å². The van der Waals surface area contributed by atoms with E-state index in [2.05, 4.69) is 10.2 Å². The summed E-state index contributed by atoms with van der Waals surface area (Å²) >= 11 is 0. The van der Waals surface area contributed by atoms with Crippen molar-refractivity contribution in [3.05, 3.63) is 29.6 Å². The van der Waals surface area contributed by atoms with E-state index in [0.717, 1.165) is 0 Å². The third-order valence-corrected chi connectivity index (χ3v) is 2.60. The summed E-state index contributed by atoms with van der Waals surface area (Å²) in [5.41, 5.74) is 2.59. The Morgan fingerprint density at radius 3 is 2.55 bits per heavy atom. The molecule has 0 aliphatic carbocycles. The van der Waals surface area contributed by atoms with Crippen molar-refractivity contribution in [2.45, 2.75) is 18.6 Å². The molecule has 4 nitrogen and oxygen atoms in total. The lowest BCUT2D eigenvalue weighted by Crippen LogP contribution is -2.30. The predicted octanol–water partition coefficient (Wildman–Crippen LogP) is 2.31. The van der Waals surface area contributed by atoms with Crippen LogP contribution >= 0.6 is 0 Å². The zero-order chi connectivity index (χ0) is 15.2. The van der Waals surface area contributed by atoms with Crippen LogP contribution in [0.3, 0.4) is 0 Å². The molecule has 0 aliphatic heterocycles. The van der Waals surface area contributed by atoms with Gasteiger partial charge in [-0.25, -0.2) is 4.39 Å². The van der Waals surface area contributed by atoms with E-state index < -0.39 is 24.6 Å². The molecule has 0 spiro atoms. The molecule has 0 saturated heterocycles. The second-order valence-corrected chi connectivity index (χ2v) is 4.06. The maximum absolute atomic E-state index is 13.8. The second kappa shape index (κ2) is 7.41. The second-order valence-electron chi connectivity index (χ2n) is 4.06. The van der Waals surface area contributed by atoms with Crippen LogP contribution in [-0.2, 0) is 4.74 Å². The number of rotatable bonds is 7. The number of alkyl halides is 3. The molecule has 0 fully saturated rings. The van der Waals surface area contributed by atoms with E-state index in [4.69, 9.17) is 10.6 Å². The molecular formula is C12H16F4N2O2. The summed E-state index contributed by atoms with van der Waals surface area (Å²) in [6.45, 7) is -1.53. The Hall–Kier alpha value is -1.38. The van der Waals surface area contributed by atoms with Crippen molar-refractivity contribution in [3.63, 3.8) is 0 Å². The van der Waals surface area contributed by atoms with Gasteiger partial charge in [-0.3, -0.25) is 11.3 Å². The summed E-state index contributed by atoms with van der Waals surface area (Å²) in [6.07, 6.45) is -4.27. The number of ether oxygens (including phenoxy) is 2. The average Bonchev–Trinajstić information content (AvgIpc) is 2.38. The number of hydrogen-bond acceptors (Lipinski definition) is 4. The fourth-order valence-corrected chi connectivity index (χ4v) is 1.64. The average molecular weight is 296 g/mol. The molecule has 1 aromatic rings. The highest BCUT2D eigenvalue weighted by atomic mass is 19.4. The van der Waals surface area contributed by atoms with Crippen LogP contribution in [0.2, 0.25) is 0 Å². The van der Waals surface area contributed by atoms with E-state index in [-0.39, 0.29) is 18.6 Å². The molecule has 1 aromatic carbocycles. The molecule has 114 valence electrons. The van der Waals surface area contributed by atoms with Crippen molar-refractivity contribution in [2.75, 3.05) is 20.3 Å². The van der Waals surface area contributed by atoms with Gasteiger partial charge >= 0.3 is 6.18 Å². The van der Waals surface area contributed by atoms with E-state index in [0.29, 0.717) is 5.75 Å². The number of benzene rings is 1. The van der Waals surface area contributed by atoms with E-state index in [1.807, 2.05) is 0 Å². The summed E-state index contributed by atoms with van der Waals surface area (Å²) in [7, 11) is 1.40. The van der Waals surface area contributed by atoms with Gasteiger partial charge in [-0.15, -0.1) is 0 Å². The largest absolute Gasteiger partial charge is 0.497 e. The molecule has 0 bridgehead atoms. The smallest absolute Gasteiger partial charge is 0.411 e. The highest BCUT2D eigenvalue weighted by molar-refractivity contribution is 5.30. The van der Waals surface area contributed by atoms with Crippen LogP contribution in [0.5, 0.6) is 5.75 Å². The fraction of sp³-hybridized carbons (Fsp3) is 0.500. The third-order valence-electron chi connectivity index (χ3n) is 2.60. The van der Waals surface area contributed by atoms with Gasteiger partial charge < -0.3 is 9.47 Å². The number of methoxy groups -OCH3 is 1. The predicted molar refractivity (Wildman–Crippen MR) is 64.5 cm³/mol. The number of hydrazine groups is 1. The molecule has 0 saturated carbocycles. The maximum atomic E-state index is 13.8. The van der Waals surface area contributed by atoms with Gasteiger partial charge in [0.05, 0.1) is 13.2 Å².